The molecule has 0 spiro atoms. The molecular formula is C12H17BrN2O3. The van der Waals surface area contributed by atoms with E-state index < -0.39 is 11.7 Å². The summed E-state index contributed by atoms with van der Waals surface area (Å²) in [5, 5.41) is 2.63. The third-order valence-corrected chi connectivity index (χ3v) is 2.73. The first kappa shape index (κ1) is 14.8. The van der Waals surface area contributed by atoms with Gasteiger partial charge < -0.3 is 15.0 Å². The number of alkyl carbamates (subject to hydrolysis) is 1. The van der Waals surface area contributed by atoms with Crippen molar-refractivity contribution in [3.05, 3.63) is 32.7 Å². The van der Waals surface area contributed by atoms with Gasteiger partial charge in [0, 0.05) is 29.2 Å². The Morgan fingerprint density at radius 1 is 1.44 bits per heavy atom. The Labute approximate surface area is 114 Å². The third-order valence-electron chi connectivity index (χ3n) is 1.99. The van der Waals surface area contributed by atoms with Gasteiger partial charge in [-0.15, -0.1) is 0 Å². The fraction of sp³-hybridized carbons (Fsp3) is 0.500. The Morgan fingerprint density at radius 3 is 2.72 bits per heavy atom. The minimum Gasteiger partial charge on any atom is -0.444 e. The number of halogens is 1. The molecule has 0 saturated heterocycles. The number of hydrogen-bond donors (Lipinski definition) is 2. The van der Waals surface area contributed by atoms with Crippen LogP contribution in [0, 0.1) is 0 Å². The maximum absolute atomic E-state index is 11.4. The molecule has 0 saturated carbocycles. The van der Waals surface area contributed by atoms with Crippen molar-refractivity contribution in [2.45, 2.75) is 32.8 Å². The molecule has 0 bridgehead atoms. The van der Waals surface area contributed by atoms with Crippen molar-refractivity contribution in [2.75, 3.05) is 6.54 Å². The van der Waals surface area contributed by atoms with Gasteiger partial charge in [-0.05, 0) is 42.8 Å². The first-order valence-electron chi connectivity index (χ1n) is 5.62. The van der Waals surface area contributed by atoms with Gasteiger partial charge in [-0.3, -0.25) is 4.79 Å². The van der Waals surface area contributed by atoms with Crippen molar-refractivity contribution in [1.82, 2.24) is 10.3 Å². The van der Waals surface area contributed by atoms with E-state index in [0.29, 0.717) is 13.0 Å². The Bertz CT molecular complexity index is 477. The number of rotatable bonds is 3. The van der Waals surface area contributed by atoms with Crippen molar-refractivity contribution in [2.24, 2.45) is 0 Å². The molecule has 0 atom stereocenters. The number of carbonyl (C=O) groups is 1. The zero-order chi connectivity index (χ0) is 13.8. The van der Waals surface area contributed by atoms with Crippen molar-refractivity contribution < 1.29 is 9.53 Å². The monoisotopic (exact) mass is 316 g/mol. The van der Waals surface area contributed by atoms with Gasteiger partial charge in [0.25, 0.3) is 0 Å². The van der Waals surface area contributed by atoms with E-state index in [1.165, 1.54) is 6.07 Å². The van der Waals surface area contributed by atoms with Crippen LogP contribution in [-0.2, 0) is 11.2 Å². The molecule has 0 aromatic carbocycles. The van der Waals surface area contributed by atoms with Gasteiger partial charge in [0.05, 0.1) is 0 Å². The molecule has 1 rings (SSSR count). The van der Waals surface area contributed by atoms with Crippen LogP contribution in [0.4, 0.5) is 4.79 Å². The number of hydrogen-bond acceptors (Lipinski definition) is 3. The van der Waals surface area contributed by atoms with Gasteiger partial charge >= 0.3 is 6.09 Å². The second-order valence-corrected chi connectivity index (χ2v) is 5.68. The summed E-state index contributed by atoms with van der Waals surface area (Å²) >= 11 is 3.33. The van der Waals surface area contributed by atoms with Gasteiger partial charge in [-0.2, -0.15) is 0 Å². The summed E-state index contributed by atoms with van der Waals surface area (Å²) in [4.78, 5) is 25.2. The lowest BCUT2D eigenvalue weighted by Gasteiger charge is -2.19. The third kappa shape index (κ3) is 5.35. The van der Waals surface area contributed by atoms with Crippen LogP contribution < -0.4 is 10.9 Å². The molecule has 1 amide bonds. The number of carbonyl (C=O) groups excluding carboxylic acids is 1. The predicted molar refractivity (Wildman–Crippen MR) is 72.7 cm³/mol. The Hall–Kier alpha value is -1.30. The highest BCUT2D eigenvalue weighted by Gasteiger charge is 2.15. The second-order valence-electron chi connectivity index (χ2n) is 4.83. The van der Waals surface area contributed by atoms with Gasteiger partial charge in [0.15, 0.2) is 0 Å². The first-order chi connectivity index (χ1) is 8.28. The summed E-state index contributed by atoms with van der Waals surface area (Å²) in [6, 6.07) is 3.12. The number of H-pyrrole nitrogens is 1. The van der Waals surface area contributed by atoms with Crippen molar-refractivity contribution >= 4 is 22.0 Å². The normalized spacial score (nSPS) is 11.1. The van der Waals surface area contributed by atoms with Gasteiger partial charge in [-0.1, -0.05) is 0 Å². The molecule has 0 radical (unpaired) electrons. The molecule has 1 aromatic heterocycles. The first-order valence-corrected chi connectivity index (χ1v) is 6.42. The fourth-order valence-electron chi connectivity index (χ4n) is 1.29. The van der Waals surface area contributed by atoms with Crippen LogP contribution in [0.15, 0.2) is 21.4 Å². The van der Waals surface area contributed by atoms with E-state index in [0.717, 1.165) is 10.2 Å². The van der Waals surface area contributed by atoms with Crippen molar-refractivity contribution in [3.8, 4) is 0 Å². The Balaban J connectivity index is 2.45. The molecular weight excluding hydrogens is 300 g/mol. The molecule has 0 aliphatic rings. The van der Waals surface area contributed by atoms with Gasteiger partial charge in [0.1, 0.15) is 5.60 Å². The molecule has 100 valence electrons. The maximum atomic E-state index is 11.4. The highest BCUT2D eigenvalue weighted by molar-refractivity contribution is 9.10. The number of nitrogens with one attached hydrogen (secondary N) is 2. The molecule has 0 unspecified atom stereocenters. The minimum atomic E-state index is -0.508. The number of amides is 1. The van der Waals surface area contributed by atoms with E-state index in [1.54, 1.807) is 26.8 Å². The summed E-state index contributed by atoms with van der Waals surface area (Å²) in [7, 11) is 0. The SMILES string of the molecule is CC(C)(C)OC(=O)NCCc1[nH]c(=O)ccc1Br. The van der Waals surface area contributed by atoms with Crippen LogP contribution in [0.2, 0.25) is 0 Å². The molecule has 0 aliphatic heterocycles. The summed E-state index contributed by atoms with van der Waals surface area (Å²) < 4.78 is 5.91. The smallest absolute Gasteiger partial charge is 0.407 e. The van der Waals surface area contributed by atoms with Gasteiger partial charge in [-0.25, -0.2) is 4.79 Å². The van der Waals surface area contributed by atoms with Gasteiger partial charge in [0.2, 0.25) is 5.56 Å². The minimum absolute atomic E-state index is 0.162. The summed E-state index contributed by atoms with van der Waals surface area (Å²) in [5.41, 5.74) is 0.0789. The van der Waals surface area contributed by atoms with Crippen LogP contribution >= 0.6 is 15.9 Å². The lowest BCUT2D eigenvalue weighted by Crippen LogP contribution is -2.33. The topological polar surface area (TPSA) is 71.2 Å². The average Bonchev–Trinajstić information content (AvgIpc) is 2.20. The zero-order valence-corrected chi connectivity index (χ0v) is 12.3. The van der Waals surface area contributed by atoms with E-state index in [1.807, 2.05) is 0 Å². The van der Waals surface area contributed by atoms with Crippen molar-refractivity contribution in [3.63, 3.8) is 0 Å². The standard InChI is InChI=1S/C12H17BrN2O3/c1-12(2,3)18-11(17)14-7-6-9-8(13)4-5-10(16)15-9/h4-5H,6-7H2,1-3H3,(H,14,17)(H,15,16). The Kier molecular flexibility index (Phi) is 4.95. The van der Waals surface area contributed by atoms with E-state index >= 15 is 0 Å². The molecule has 18 heavy (non-hydrogen) atoms. The number of aromatic amines is 1. The van der Waals surface area contributed by atoms with E-state index in [4.69, 9.17) is 4.74 Å². The maximum Gasteiger partial charge on any atom is 0.407 e. The van der Waals surface area contributed by atoms with Crippen LogP contribution in [-0.4, -0.2) is 23.2 Å². The predicted octanol–water partition coefficient (Wildman–Crippen LogP) is 2.20. The molecule has 0 fully saturated rings. The summed E-state index contributed by atoms with van der Waals surface area (Å²) in [5.74, 6) is 0. The van der Waals surface area contributed by atoms with Crippen molar-refractivity contribution in [1.29, 1.82) is 0 Å². The number of pyridine rings is 1. The summed E-state index contributed by atoms with van der Waals surface area (Å²) in [6.45, 7) is 5.81. The average molecular weight is 317 g/mol. The highest BCUT2D eigenvalue weighted by Crippen LogP contribution is 2.12. The lowest BCUT2D eigenvalue weighted by molar-refractivity contribution is 0.0528. The molecule has 1 heterocycles. The Morgan fingerprint density at radius 2 is 2.11 bits per heavy atom. The van der Waals surface area contributed by atoms with Crippen LogP contribution in [0.3, 0.4) is 0 Å². The molecule has 6 heteroatoms. The quantitative estimate of drug-likeness (QED) is 0.898. The molecule has 2 N–H and O–H groups in total. The lowest BCUT2D eigenvalue weighted by atomic mass is 10.2. The number of aromatic nitrogens is 1. The second kappa shape index (κ2) is 6.04. The van der Waals surface area contributed by atoms with E-state index in [-0.39, 0.29) is 5.56 Å². The van der Waals surface area contributed by atoms with E-state index in [9.17, 15) is 9.59 Å². The molecule has 5 nitrogen and oxygen atoms in total. The van der Waals surface area contributed by atoms with Crippen LogP contribution in [0.5, 0.6) is 0 Å². The molecule has 0 aliphatic carbocycles. The molecule has 1 aromatic rings. The summed E-state index contributed by atoms with van der Waals surface area (Å²) in [6.07, 6.45) is 0.0625. The van der Waals surface area contributed by atoms with Crippen LogP contribution in [0.25, 0.3) is 0 Å². The largest absolute Gasteiger partial charge is 0.444 e. The fourth-order valence-corrected chi connectivity index (χ4v) is 1.71. The van der Waals surface area contributed by atoms with E-state index in [2.05, 4.69) is 26.2 Å². The highest BCUT2D eigenvalue weighted by atomic mass is 79.9. The number of ether oxygens (including phenoxy) is 1. The zero-order valence-electron chi connectivity index (χ0n) is 10.7. The van der Waals surface area contributed by atoms with Crippen LogP contribution in [0.1, 0.15) is 26.5 Å².